The summed E-state index contributed by atoms with van der Waals surface area (Å²) in [6, 6.07) is 11.3. The zero-order chi connectivity index (χ0) is 20.3. The zero-order valence-electron chi connectivity index (χ0n) is 14.5. The number of thiocarbonyl (C=S) groups is 1. The fourth-order valence-electron chi connectivity index (χ4n) is 2.50. The minimum atomic E-state index is -0.544. The van der Waals surface area contributed by atoms with Gasteiger partial charge in [-0.15, -0.1) is 0 Å². The molecule has 0 bridgehead atoms. The van der Waals surface area contributed by atoms with E-state index in [0.29, 0.717) is 23.7 Å². The van der Waals surface area contributed by atoms with E-state index in [2.05, 4.69) is 49.2 Å². The first-order valence-corrected chi connectivity index (χ1v) is 10.3. The Balaban J connectivity index is 1.88. The van der Waals surface area contributed by atoms with Crippen molar-refractivity contribution >= 4 is 73.7 Å². The number of carbonyl (C=O) groups is 2. The maximum absolute atomic E-state index is 12.0. The van der Waals surface area contributed by atoms with E-state index in [-0.39, 0.29) is 10.7 Å². The summed E-state index contributed by atoms with van der Waals surface area (Å²) in [4.78, 5) is 24.1. The number of nitrogens with one attached hydrogen (secondary N) is 2. The molecule has 2 N–H and O–H groups in total. The van der Waals surface area contributed by atoms with Gasteiger partial charge in [0.15, 0.2) is 16.6 Å². The molecule has 3 rings (SSSR count). The third-order valence-corrected chi connectivity index (χ3v) is 5.62. The van der Waals surface area contributed by atoms with Gasteiger partial charge in [0.05, 0.1) is 10.7 Å². The van der Waals surface area contributed by atoms with Crippen LogP contribution in [-0.2, 0) is 16.2 Å². The smallest absolute Gasteiger partial charge is 0.263 e. The number of hydrogen-bond donors (Lipinski definition) is 2. The summed E-state index contributed by atoms with van der Waals surface area (Å²) < 4.78 is 13.2. The van der Waals surface area contributed by atoms with Crippen LogP contribution in [0.5, 0.6) is 11.5 Å². The highest BCUT2D eigenvalue weighted by Gasteiger charge is 2.26. The summed E-state index contributed by atoms with van der Waals surface area (Å²) in [6.45, 7) is 0.358. The van der Waals surface area contributed by atoms with Gasteiger partial charge in [-0.3, -0.25) is 20.2 Å². The second kappa shape index (κ2) is 9.01. The second-order valence-corrected chi connectivity index (χ2v) is 8.13. The van der Waals surface area contributed by atoms with E-state index >= 15 is 0 Å². The number of rotatable bonds is 5. The van der Waals surface area contributed by atoms with Crippen molar-refractivity contribution in [1.82, 2.24) is 10.6 Å². The Bertz CT molecular complexity index is 987. The summed E-state index contributed by atoms with van der Waals surface area (Å²) in [5.41, 5.74) is 1.59. The Labute approximate surface area is 188 Å². The molecule has 28 heavy (non-hydrogen) atoms. The lowest BCUT2D eigenvalue weighted by molar-refractivity contribution is -0.123. The molecule has 0 saturated carbocycles. The van der Waals surface area contributed by atoms with Gasteiger partial charge >= 0.3 is 0 Å². The number of methoxy groups -OCH3 is 1. The quantitative estimate of drug-likeness (QED) is 0.248. The van der Waals surface area contributed by atoms with Crippen molar-refractivity contribution < 1.29 is 19.1 Å². The van der Waals surface area contributed by atoms with Crippen molar-refractivity contribution in [2.24, 2.45) is 0 Å². The van der Waals surface area contributed by atoms with Crippen LogP contribution >= 0.6 is 50.7 Å². The SMILES string of the molecule is COc1cc(C=C2C(=O)NC(=S)NC2=O)cc(I)c1OCc1ccccc1Br. The Kier molecular flexibility index (Phi) is 6.68. The van der Waals surface area contributed by atoms with Crippen molar-refractivity contribution in [3.8, 4) is 11.5 Å². The van der Waals surface area contributed by atoms with Gasteiger partial charge in [-0.2, -0.15) is 0 Å². The summed E-state index contributed by atoms with van der Waals surface area (Å²) in [6.07, 6.45) is 1.48. The van der Waals surface area contributed by atoms with E-state index in [1.807, 2.05) is 24.3 Å². The molecule has 1 heterocycles. The Morgan fingerprint density at radius 3 is 2.50 bits per heavy atom. The van der Waals surface area contributed by atoms with Crippen LogP contribution in [0.4, 0.5) is 0 Å². The molecule has 0 atom stereocenters. The topological polar surface area (TPSA) is 76.7 Å². The fourth-order valence-corrected chi connectivity index (χ4v) is 3.87. The first kappa shape index (κ1) is 20.7. The second-order valence-electron chi connectivity index (χ2n) is 5.71. The molecule has 0 radical (unpaired) electrons. The molecule has 1 aliphatic heterocycles. The molecule has 0 aliphatic carbocycles. The largest absolute Gasteiger partial charge is 0.493 e. The predicted molar refractivity (Wildman–Crippen MR) is 121 cm³/mol. The maximum atomic E-state index is 12.0. The molecule has 1 saturated heterocycles. The zero-order valence-corrected chi connectivity index (χ0v) is 19.1. The maximum Gasteiger partial charge on any atom is 0.263 e. The molecule has 2 aromatic carbocycles. The average Bonchev–Trinajstić information content (AvgIpc) is 2.64. The van der Waals surface area contributed by atoms with Crippen molar-refractivity contribution in [3.05, 3.63) is 61.1 Å². The molecular formula is C19H14BrIN2O4S. The lowest BCUT2D eigenvalue weighted by Crippen LogP contribution is -2.51. The highest BCUT2D eigenvalue weighted by molar-refractivity contribution is 14.1. The van der Waals surface area contributed by atoms with E-state index in [1.165, 1.54) is 13.2 Å². The first-order valence-electron chi connectivity index (χ1n) is 8.01. The number of amides is 2. The monoisotopic (exact) mass is 572 g/mol. The molecule has 1 aliphatic rings. The van der Waals surface area contributed by atoms with Gasteiger partial charge in [0.1, 0.15) is 12.2 Å². The summed E-state index contributed by atoms with van der Waals surface area (Å²) >= 11 is 10.4. The molecule has 2 amide bonds. The van der Waals surface area contributed by atoms with E-state index in [0.717, 1.165) is 13.6 Å². The van der Waals surface area contributed by atoms with E-state index in [1.54, 1.807) is 12.1 Å². The molecule has 2 aromatic rings. The van der Waals surface area contributed by atoms with Crippen LogP contribution < -0.4 is 20.1 Å². The van der Waals surface area contributed by atoms with Crippen LogP contribution in [0.1, 0.15) is 11.1 Å². The number of benzene rings is 2. The summed E-state index contributed by atoms with van der Waals surface area (Å²) in [5, 5.41) is 4.81. The van der Waals surface area contributed by atoms with E-state index in [4.69, 9.17) is 21.7 Å². The predicted octanol–water partition coefficient (Wildman–Crippen LogP) is 3.56. The van der Waals surface area contributed by atoms with Gasteiger partial charge in [0.25, 0.3) is 11.8 Å². The van der Waals surface area contributed by atoms with Crippen molar-refractivity contribution in [1.29, 1.82) is 0 Å². The van der Waals surface area contributed by atoms with Gasteiger partial charge < -0.3 is 9.47 Å². The van der Waals surface area contributed by atoms with Crippen LogP contribution in [0, 0.1) is 3.57 Å². The minimum absolute atomic E-state index is 0.00451. The van der Waals surface area contributed by atoms with Crippen LogP contribution in [0.15, 0.2) is 46.4 Å². The Hall–Kier alpha value is -1.98. The molecule has 9 heteroatoms. The van der Waals surface area contributed by atoms with Crippen LogP contribution in [0.3, 0.4) is 0 Å². The molecule has 0 spiro atoms. The normalized spacial score (nSPS) is 13.7. The molecule has 1 fully saturated rings. The number of ether oxygens (including phenoxy) is 2. The minimum Gasteiger partial charge on any atom is -0.493 e. The number of halogens is 2. The fraction of sp³-hybridized carbons (Fsp3) is 0.105. The summed E-state index contributed by atoms with van der Waals surface area (Å²) in [7, 11) is 1.53. The Morgan fingerprint density at radius 2 is 1.86 bits per heavy atom. The van der Waals surface area contributed by atoms with Gasteiger partial charge in [0.2, 0.25) is 0 Å². The van der Waals surface area contributed by atoms with Crippen LogP contribution in [0.25, 0.3) is 6.08 Å². The number of hydrogen-bond acceptors (Lipinski definition) is 5. The molecule has 0 unspecified atom stereocenters. The first-order chi connectivity index (χ1) is 13.4. The standard InChI is InChI=1S/C19H14BrIN2O4S/c1-26-15-8-10(6-12-17(24)22-19(28)23-18(12)25)7-14(21)16(15)27-9-11-4-2-3-5-13(11)20/h2-8H,9H2,1H3,(H2,22,23,24,25,28). The summed E-state index contributed by atoms with van der Waals surface area (Å²) in [5.74, 6) is -0.00774. The van der Waals surface area contributed by atoms with E-state index in [9.17, 15) is 9.59 Å². The third-order valence-electron chi connectivity index (χ3n) is 3.84. The molecular weight excluding hydrogens is 559 g/mol. The van der Waals surface area contributed by atoms with Gasteiger partial charge in [0, 0.05) is 10.0 Å². The van der Waals surface area contributed by atoms with Crippen molar-refractivity contribution in [2.45, 2.75) is 6.61 Å². The van der Waals surface area contributed by atoms with Crippen molar-refractivity contribution in [2.75, 3.05) is 7.11 Å². The average molecular weight is 573 g/mol. The van der Waals surface area contributed by atoms with Gasteiger partial charge in [-0.05, 0) is 64.6 Å². The van der Waals surface area contributed by atoms with Gasteiger partial charge in [-0.1, -0.05) is 34.1 Å². The molecule has 144 valence electrons. The third kappa shape index (κ3) is 4.70. The van der Waals surface area contributed by atoms with E-state index < -0.39 is 11.8 Å². The lowest BCUT2D eigenvalue weighted by Gasteiger charge is -2.17. The van der Waals surface area contributed by atoms with Crippen molar-refractivity contribution in [3.63, 3.8) is 0 Å². The van der Waals surface area contributed by atoms with Gasteiger partial charge in [-0.25, -0.2) is 0 Å². The molecule has 6 nitrogen and oxygen atoms in total. The lowest BCUT2D eigenvalue weighted by atomic mass is 10.1. The molecule has 0 aromatic heterocycles. The highest BCUT2D eigenvalue weighted by atomic mass is 127. The highest BCUT2D eigenvalue weighted by Crippen LogP contribution is 2.35. The van der Waals surface area contributed by atoms with Crippen LogP contribution in [0.2, 0.25) is 0 Å². The number of carbonyl (C=O) groups excluding carboxylic acids is 2. The Morgan fingerprint density at radius 1 is 1.18 bits per heavy atom. The van der Waals surface area contributed by atoms with Crippen LogP contribution in [-0.4, -0.2) is 24.0 Å².